The fraction of sp³-hybridized carbons (Fsp3) is 0.514. The molecule has 4 aliphatic heterocycles. The van der Waals surface area contributed by atoms with Gasteiger partial charge in [-0.2, -0.15) is 0 Å². The lowest BCUT2D eigenvalue weighted by Crippen LogP contribution is -2.50. The molecule has 14 rings (SSSR count). The molecule has 0 spiro atoms. The Labute approximate surface area is 551 Å². The van der Waals surface area contributed by atoms with Crippen molar-refractivity contribution in [3.63, 3.8) is 0 Å². The maximum absolute atomic E-state index is 15.5. The maximum Gasteiger partial charge on any atom is 0.356 e. The van der Waals surface area contributed by atoms with Crippen molar-refractivity contribution >= 4 is 114 Å². The molecule has 8 bridgehead atoms. The Morgan fingerprint density at radius 1 is 0.344 bits per heavy atom. The van der Waals surface area contributed by atoms with Crippen LogP contribution in [0.2, 0.25) is 0 Å². The van der Waals surface area contributed by atoms with Gasteiger partial charge in [-0.1, -0.05) is 67.5 Å². The van der Waals surface area contributed by atoms with Crippen LogP contribution in [0.3, 0.4) is 0 Å². The maximum atomic E-state index is 15.5. The first-order chi connectivity index (χ1) is 45.0. The van der Waals surface area contributed by atoms with Crippen LogP contribution in [0, 0.1) is 43.3 Å². The summed E-state index contributed by atoms with van der Waals surface area (Å²) >= 11 is 0. The molecule has 22 nitrogen and oxygen atoms in total. The predicted octanol–water partition coefficient (Wildman–Crippen LogP) is 11.4. The van der Waals surface area contributed by atoms with Crippen molar-refractivity contribution in [2.45, 2.75) is 171 Å². The van der Waals surface area contributed by atoms with Crippen molar-refractivity contribution in [2.24, 2.45) is 43.3 Å². The molecule has 0 radical (unpaired) electrons. The monoisotopic (exact) mass is 1320 g/mol. The molecule has 4 heterocycles. The summed E-state index contributed by atoms with van der Waals surface area (Å²) in [6.45, 7) is 23.2. The molecule has 96 heavy (non-hydrogen) atoms. The molecule has 4 aliphatic carbocycles. The standard InChI is InChI=1S/C74H76O22/c1-15-85-48(75)35-87-46-33-40-42(89-59(81)71-29-25-67(11,55(77)93-71)63(71,3)4)21-23-44(91-61(83)73-31-27-69(13,57(79)95-73)65(73,7)8)51(40)53-38(46)19-17-37-18-20-39-47(88-36-49(76)86-16-2)34-41-43(90-60(82)72-30-26-68(12,56(78)94-72)64(72,5)6)22-24-45(52(41)54(39)50(37)53)92-62(84)74-32-28-70(14,58(80)96-74)66(74,9)10/h17-24,33-34H,15-16,25-32,35-36H2,1-14H3/t67-,68-,69-,70-,71+,72+,73+,74+/m0/s1. The molecule has 6 aromatic rings. The van der Waals surface area contributed by atoms with E-state index < -0.39 is 139 Å². The zero-order valence-electron chi connectivity index (χ0n) is 56.2. The lowest BCUT2D eigenvalue weighted by molar-refractivity contribution is -0.176. The fourth-order valence-electron chi connectivity index (χ4n) is 17.5. The molecule has 8 atom stereocenters. The van der Waals surface area contributed by atoms with E-state index in [0.29, 0.717) is 31.1 Å². The van der Waals surface area contributed by atoms with Crippen molar-refractivity contribution in [3.05, 3.63) is 60.7 Å². The zero-order chi connectivity index (χ0) is 69.1. The highest BCUT2D eigenvalue weighted by molar-refractivity contribution is 6.36. The second-order valence-corrected chi connectivity index (χ2v) is 30.2. The lowest BCUT2D eigenvalue weighted by atomic mass is 9.66. The SMILES string of the molecule is CCOC(=O)COc1cc2c(OC(=O)[C@@]34CC[C@@](C)(C(=O)O3)C4(C)C)ccc(OC(=O)[C@@]34CC[C@@](C)(C(=O)O3)C4(C)C)c2c2c1ccc1ccc3c(OCC(=O)OCC)cc4c(OC(=O)[C@@]56CC[C@@](C)(C(=O)O5)C6(C)C)ccc(OC(=O)[C@@]56CC[C@@](C)(C(=O)O5)C6(C)C)c4c3c12. The van der Waals surface area contributed by atoms with Crippen LogP contribution < -0.4 is 28.4 Å². The molecule has 4 saturated carbocycles. The van der Waals surface area contributed by atoms with Gasteiger partial charge in [0.25, 0.3) is 0 Å². The number of carbonyl (C=O) groups is 10. The predicted molar refractivity (Wildman–Crippen MR) is 341 cm³/mol. The molecule has 4 saturated heterocycles. The minimum absolute atomic E-state index is 0.00207. The summed E-state index contributed by atoms with van der Waals surface area (Å²) in [5.74, 6) is -8.11. The Morgan fingerprint density at radius 2 is 0.625 bits per heavy atom. The summed E-state index contributed by atoms with van der Waals surface area (Å²) in [6.07, 6.45) is 1.69. The number of rotatable bonds is 16. The molecular formula is C74H76O22. The van der Waals surface area contributed by atoms with E-state index in [1.54, 1.807) is 121 Å². The average molecular weight is 1320 g/mol. The molecule has 0 N–H and O–H groups in total. The van der Waals surface area contributed by atoms with Crippen LogP contribution in [0.4, 0.5) is 0 Å². The molecule has 504 valence electrons. The van der Waals surface area contributed by atoms with Crippen LogP contribution in [0.5, 0.6) is 34.5 Å². The lowest BCUT2D eigenvalue weighted by Gasteiger charge is -2.35. The molecule has 6 aromatic carbocycles. The van der Waals surface area contributed by atoms with E-state index in [0.717, 1.165) is 0 Å². The van der Waals surface area contributed by atoms with Gasteiger partial charge in [-0.05, 0) is 152 Å². The summed E-state index contributed by atoms with van der Waals surface area (Å²) in [6, 6.07) is 15.5. The van der Waals surface area contributed by atoms with E-state index in [4.69, 9.17) is 56.8 Å². The van der Waals surface area contributed by atoms with Crippen molar-refractivity contribution in [1.82, 2.24) is 0 Å². The van der Waals surface area contributed by atoms with E-state index in [1.807, 2.05) is 0 Å². The van der Waals surface area contributed by atoms with Gasteiger partial charge < -0.3 is 56.8 Å². The molecule has 8 fully saturated rings. The summed E-state index contributed by atoms with van der Waals surface area (Å²) < 4.78 is 74.5. The Bertz CT molecular complexity index is 4350. The van der Waals surface area contributed by atoms with Crippen molar-refractivity contribution in [3.8, 4) is 34.5 Å². The smallest absolute Gasteiger partial charge is 0.356 e. The number of hydrogen-bond acceptors (Lipinski definition) is 22. The van der Waals surface area contributed by atoms with Crippen LogP contribution >= 0.6 is 0 Å². The van der Waals surface area contributed by atoms with Crippen LogP contribution in [-0.2, 0) is 76.4 Å². The Balaban J connectivity index is 1.10. The van der Waals surface area contributed by atoms with Gasteiger partial charge in [-0.15, -0.1) is 0 Å². The van der Waals surface area contributed by atoms with Gasteiger partial charge in [0.2, 0.25) is 22.4 Å². The van der Waals surface area contributed by atoms with Crippen LogP contribution in [0.25, 0.3) is 53.9 Å². The number of carbonyl (C=O) groups excluding carboxylic acids is 10. The van der Waals surface area contributed by atoms with Crippen LogP contribution in [0.15, 0.2) is 60.7 Å². The quantitative estimate of drug-likeness (QED) is 0.0376. The highest BCUT2D eigenvalue weighted by atomic mass is 16.6. The van der Waals surface area contributed by atoms with Gasteiger partial charge in [-0.3, -0.25) is 19.2 Å². The van der Waals surface area contributed by atoms with Crippen molar-refractivity contribution in [1.29, 1.82) is 0 Å². The first-order valence-electron chi connectivity index (χ1n) is 32.8. The number of fused-ring (bicyclic) bond motifs is 17. The molecule has 0 unspecified atom stereocenters. The highest BCUT2D eigenvalue weighted by Crippen LogP contribution is 2.70. The van der Waals surface area contributed by atoms with Gasteiger partial charge >= 0.3 is 59.7 Å². The molecule has 0 aromatic heterocycles. The number of esters is 10. The van der Waals surface area contributed by atoms with Crippen LogP contribution in [-0.4, -0.2) is 109 Å². The molecular weight excluding hydrogens is 1240 g/mol. The number of ether oxygens (including phenoxy) is 12. The second kappa shape index (κ2) is 20.3. The van der Waals surface area contributed by atoms with Gasteiger partial charge in [-0.25, -0.2) is 28.8 Å². The molecule has 8 aliphatic rings. The Morgan fingerprint density at radius 3 is 0.885 bits per heavy atom. The summed E-state index contributed by atoms with van der Waals surface area (Å²) in [4.78, 5) is 144. The van der Waals surface area contributed by atoms with Gasteiger partial charge in [0.1, 0.15) is 34.5 Å². The first kappa shape index (κ1) is 64.3. The zero-order valence-corrected chi connectivity index (χ0v) is 56.2. The minimum Gasteiger partial charge on any atom is -0.481 e. The van der Waals surface area contributed by atoms with Crippen molar-refractivity contribution < 1.29 is 105 Å². The second-order valence-electron chi connectivity index (χ2n) is 30.2. The first-order valence-corrected chi connectivity index (χ1v) is 32.8. The van der Waals surface area contributed by atoms with E-state index in [1.165, 1.54) is 36.4 Å². The molecule has 0 amide bonds. The van der Waals surface area contributed by atoms with E-state index in [9.17, 15) is 28.8 Å². The van der Waals surface area contributed by atoms with E-state index >= 15 is 19.2 Å². The Hall–Kier alpha value is -9.08. The topological polar surface area (TPSA) is 281 Å². The third-order valence-electron chi connectivity index (χ3n) is 25.9. The molecule has 22 heteroatoms. The average Bonchev–Trinajstić information content (AvgIpc) is 1.17. The summed E-state index contributed by atoms with van der Waals surface area (Å²) in [7, 11) is 0. The van der Waals surface area contributed by atoms with Gasteiger partial charge in [0, 0.05) is 64.7 Å². The van der Waals surface area contributed by atoms with Gasteiger partial charge in [0.05, 0.1) is 34.9 Å². The highest BCUT2D eigenvalue weighted by Gasteiger charge is 2.80. The third-order valence-corrected chi connectivity index (χ3v) is 25.9. The Kier molecular flexibility index (Phi) is 13.6. The summed E-state index contributed by atoms with van der Waals surface area (Å²) in [5, 5.41) is 1.62. The normalized spacial score (nSPS) is 30.9. The minimum atomic E-state index is -1.80. The van der Waals surface area contributed by atoms with Crippen LogP contribution in [0.1, 0.15) is 148 Å². The van der Waals surface area contributed by atoms with Gasteiger partial charge in [0.15, 0.2) is 13.2 Å². The van der Waals surface area contributed by atoms with E-state index in [-0.39, 0.29) is 122 Å². The third kappa shape index (κ3) is 7.69. The summed E-state index contributed by atoms with van der Waals surface area (Å²) in [5.41, 5.74) is -15.8. The van der Waals surface area contributed by atoms with E-state index in [2.05, 4.69) is 0 Å². The van der Waals surface area contributed by atoms with Crippen molar-refractivity contribution in [2.75, 3.05) is 26.4 Å². The fourth-order valence-corrected chi connectivity index (χ4v) is 17.5. The largest absolute Gasteiger partial charge is 0.481 e. The number of hydrogen-bond donors (Lipinski definition) is 0. The number of benzene rings is 6.